The first-order valence-electron chi connectivity index (χ1n) is 12.7. The van der Waals surface area contributed by atoms with Crippen LogP contribution >= 0.6 is 0 Å². The van der Waals surface area contributed by atoms with Gasteiger partial charge in [-0.15, -0.1) is 0 Å². The summed E-state index contributed by atoms with van der Waals surface area (Å²) in [5.74, 6) is 1.75. The van der Waals surface area contributed by atoms with Crippen molar-refractivity contribution in [3.8, 4) is 34.7 Å². The quantitative estimate of drug-likeness (QED) is 0.430. The highest BCUT2D eigenvalue weighted by atomic mass is 16.5. The number of carboxylic acid groups (broad SMARTS) is 1. The van der Waals surface area contributed by atoms with Gasteiger partial charge in [-0.05, 0) is 67.5 Å². The van der Waals surface area contributed by atoms with Gasteiger partial charge in [-0.1, -0.05) is 45.0 Å². The van der Waals surface area contributed by atoms with Gasteiger partial charge < -0.3 is 19.3 Å². The Hall–Kier alpha value is -3.86. The minimum Gasteiger partial charge on any atom is -0.490 e. The van der Waals surface area contributed by atoms with Crippen LogP contribution in [0.15, 0.2) is 40.9 Å². The maximum atomic E-state index is 12.0. The number of hydrogen-bond acceptors (Lipinski definition) is 6. The summed E-state index contributed by atoms with van der Waals surface area (Å²) < 4.78 is 11.3. The molecule has 8 nitrogen and oxygen atoms in total. The Balaban J connectivity index is 1.72. The fraction of sp³-hybridized carbons (Fsp3) is 0.448. The number of hydrogen-bond donors (Lipinski definition) is 1. The summed E-state index contributed by atoms with van der Waals surface area (Å²) in [7, 11) is 0. The molecule has 1 aliphatic rings. The van der Waals surface area contributed by atoms with Crippen molar-refractivity contribution in [2.75, 3.05) is 13.1 Å². The summed E-state index contributed by atoms with van der Waals surface area (Å²) >= 11 is 0. The minimum absolute atomic E-state index is 0.0473. The number of benzene rings is 2. The van der Waals surface area contributed by atoms with Crippen LogP contribution < -0.4 is 4.74 Å². The maximum Gasteiger partial charge on any atom is 0.407 e. The maximum absolute atomic E-state index is 12.0. The number of ether oxygens (including phenoxy) is 1. The van der Waals surface area contributed by atoms with Gasteiger partial charge in [0.25, 0.3) is 5.89 Å². The number of amides is 1. The summed E-state index contributed by atoms with van der Waals surface area (Å²) in [5.41, 5.74) is 3.83. The molecule has 0 bridgehead atoms. The zero-order valence-corrected chi connectivity index (χ0v) is 22.3. The van der Waals surface area contributed by atoms with E-state index in [-0.39, 0.29) is 23.4 Å². The zero-order chi connectivity index (χ0) is 26.9. The molecule has 0 fully saturated rings. The Morgan fingerprint density at radius 3 is 2.43 bits per heavy atom. The Morgan fingerprint density at radius 2 is 1.81 bits per heavy atom. The van der Waals surface area contributed by atoms with Crippen LogP contribution in [-0.4, -0.2) is 45.4 Å². The van der Waals surface area contributed by atoms with Crippen LogP contribution in [0.4, 0.5) is 4.79 Å². The third kappa shape index (κ3) is 4.91. The smallest absolute Gasteiger partial charge is 0.407 e. The van der Waals surface area contributed by atoms with Crippen molar-refractivity contribution < 1.29 is 19.2 Å². The van der Waals surface area contributed by atoms with Gasteiger partial charge in [0.05, 0.1) is 11.7 Å². The first-order valence-corrected chi connectivity index (χ1v) is 12.7. The van der Waals surface area contributed by atoms with E-state index in [0.29, 0.717) is 48.1 Å². The van der Waals surface area contributed by atoms with Crippen molar-refractivity contribution >= 4 is 6.09 Å². The largest absolute Gasteiger partial charge is 0.490 e. The fourth-order valence-electron chi connectivity index (χ4n) is 5.51. The first kappa shape index (κ1) is 26.2. The second-order valence-corrected chi connectivity index (χ2v) is 10.6. The van der Waals surface area contributed by atoms with Crippen LogP contribution in [0.25, 0.3) is 22.8 Å². The second kappa shape index (κ2) is 10.3. The van der Waals surface area contributed by atoms with E-state index >= 15 is 0 Å². The van der Waals surface area contributed by atoms with E-state index in [1.54, 1.807) is 23.1 Å². The molecule has 1 aliphatic heterocycles. The number of carbonyl (C=O) groups is 1. The normalized spacial score (nSPS) is 15.0. The topological polar surface area (TPSA) is 112 Å². The van der Waals surface area contributed by atoms with Crippen LogP contribution in [-0.2, 0) is 11.8 Å². The molecule has 1 amide bonds. The van der Waals surface area contributed by atoms with E-state index in [1.165, 1.54) is 5.56 Å². The molecule has 1 aromatic heterocycles. The number of rotatable bonds is 6. The fourth-order valence-corrected chi connectivity index (χ4v) is 5.51. The first-order chi connectivity index (χ1) is 17.6. The van der Waals surface area contributed by atoms with Gasteiger partial charge in [0.15, 0.2) is 0 Å². The summed E-state index contributed by atoms with van der Waals surface area (Å²) in [4.78, 5) is 18.2. The number of fused-ring (bicyclic) bond motifs is 1. The van der Waals surface area contributed by atoms with Gasteiger partial charge in [-0.3, -0.25) is 0 Å². The van der Waals surface area contributed by atoms with E-state index in [2.05, 4.69) is 56.0 Å². The molecule has 0 saturated heterocycles. The average Bonchev–Trinajstić information content (AvgIpc) is 3.26. The Kier molecular flexibility index (Phi) is 7.26. The molecule has 0 spiro atoms. The minimum atomic E-state index is -0.886. The molecule has 0 atom stereocenters. The van der Waals surface area contributed by atoms with Crippen molar-refractivity contribution in [1.82, 2.24) is 15.0 Å². The molecule has 2 aromatic carbocycles. The van der Waals surface area contributed by atoms with E-state index in [4.69, 9.17) is 9.26 Å². The lowest BCUT2D eigenvalue weighted by molar-refractivity contribution is 0.108. The van der Waals surface area contributed by atoms with Crippen molar-refractivity contribution in [2.45, 2.75) is 59.5 Å². The summed E-state index contributed by atoms with van der Waals surface area (Å²) in [6.07, 6.45) is -0.318. The molecule has 0 aliphatic carbocycles. The molecule has 0 radical (unpaired) electrons. The summed E-state index contributed by atoms with van der Waals surface area (Å²) in [5, 5.41) is 23.6. The second-order valence-electron chi connectivity index (χ2n) is 10.6. The third-order valence-corrected chi connectivity index (χ3v) is 7.44. The number of nitrogens with zero attached hydrogens (tertiary/aromatic N) is 4. The SMILES string of the molecule is CC(C)Oc1ccc(-c2nc(-c3ccc4c(c3)CCN(C(=O)O)CC4(C(C)C)C(C)C)no2)cc1C#N. The molecular weight excluding hydrogens is 468 g/mol. The molecular formula is C29H34N4O4. The van der Waals surface area contributed by atoms with Crippen LogP contribution in [0.5, 0.6) is 5.75 Å². The predicted molar refractivity (Wildman–Crippen MR) is 140 cm³/mol. The number of nitriles is 1. The van der Waals surface area contributed by atoms with Crippen LogP contribution in [0.3, 0.4) is 0 Å². The average molecular weight is 503 g/mol. The van der Waals surface area contributed by atoms with Crippen molar-refractivity contribution in [2.24, 2.45) is 11.8 Å². The van der Waals surface area contributed by atoms with E-state index in [1.807, 2.05) is 19.9 Å². The lowest BCUT2D eigenvalue weighted by atomic mass is 9.63. The molecule has 8 heteroatoms. The Bertz CT molecular complexity index is 1330. The molecule has 194 valence electrons. The highest BCUT2D eigenvalue weighted by molar-refractivity contribution is 5.67. The van der Waals surface area contributed by atoms with Crippen LogP contribution in [0, 0.1) is 23.2 Å². The van der Waals surface area contributed by atoms with Gasteiger partial charge in [0, 0.05) is 29.6 Å². The predicted octanol–water partition coefficient (Wildman–Crippen LogP) is 6.15. The Morgan fingerprint density at radius 1 is 1.11 bits per heavy atom. The standard InChI is InChI=1S/C29H34N4O4/c1-17(2)29(18(3)4)16-33(28(34)35)12-11-20-13-21(7-9-24(20)29)26-31-27(37-32-26)22-8-10-25(36-19(5)6)23(14-22)15-30/h7-10,13-14,17-19H,11-12,16H2,1-6H3,(H,34,35). The van der Waals surface area contributed by atoms with E-state index in [9.17, 15) is 15.2 Å². The van der Waals surface area contributed by atoms with E-state index in [0.717, 1.165) is 11.1 Å². The lowest BCUT2D eigenvalue weighted by Gasteiger charge is -2.44. The lowest BCUT2D eigenvalue weighted by Crippen LogP contribution is -2.48. The van der Waals surface area contributed by atoms with Gasteiger partial charge in [-0.2, -0.15) is 10.2 Å². The molecule has 1 N–H and O–H groups in total. The summed E-state index contributed by atoms with van der Waals surface area (Å²) in [6.45, 7) is 13.4. The zero-order valence-electron chi connectivity index (χ0n) is 22.3. The van der Waals surface area contributed by atoms with Crippen LogP contribution in [0.1, 0.15) is 58.2 Å². The monoisotopic (exact) mass is 502 g/mol. The third-order valence-electron chi connectivity index (χ3n) is 7.44. The number of aromatic nitrogens is 2. The Labute approximate surface area is 217 Å². The molecule has 0 saturated carbocycles. The van der Waals surface area contributed by atoms with Gasteiger partial charge in [-0.25, -0.2) is 4.79 Å². The molecule has 3 aromatic rings. The molecule has 37 heavy (non-hydrogen) atoms. The molecule has 0 unspecified atom stereocenters. The summed E-state index contributed by atoms with van der Waals surface area (Å²) in [6, 6.07) is 13.6. The van der Waals surface area contributed by atoms with Crippen LogP contribution in [0.2, 0.25) is 0 Å². The van der Waals surface area contributed by atoms with Crippen molar-refractivity contribution in [3.63, 3.8) is 0 Å². The van der Waals surface area contributed by atoms with E-state index < -0.39 is 6.09 Å². The van der Waals surface area contributed by atoms with Gasteiger partial charge in [0.1, 0.15) is 11.8 Å². The highest BCUT2D eigenvalue weighted by Gasteiger charge is 2.44. The molecule has 4 rings (SSSR count). The van der Waals surface area contributed by atoms with Crippen molar-refractivity contribution in [3.05, 3.63) is 53.1 Å². The molecule has 2 heterocycles. The van der Waals surface area contributed by atoms with Gasteiger partial charge in [0.2, 0.25) is 5.82 Å². The van der Waals surface area contributed by atoms with Crippen molar-refractivity contribution in [1.29, 1.82) is 5.26 Å². The van der Waals surface area contributed by atoms with Gasteiger partial charge >= 0.3 is 6.09 Å². The highest BCUT2D eigenvalue weighted by Crippen LogP contribution is 2.44.